The first-order valence-electron chi connectivity index (χ1n) is 6.15. The van der Waals surface area contributed by atoms with Crippen LogP contribution < -0.4 is 0 Å². The van der Waals surface area contributed by atoms with E-state index in [1.807, 2.05) is 6.92 Å². The minimum absolute atomic E-state index is 0.119. The van der Waals surface area contributed by atoms with Crippen LogP contribution in [0.1, 0.15) is 39.0 Å². The first kappa shape index (κ1) is 12.7. The van der Waals surface area contributed by atoms with Crippen molar-refractivity contribution in [3.05, 3.63) is 0 Å². The Hall–Kier alpha value is 0.200. The Labute approximate surface area is 103 Å². The standard InChI is InChI=1S/C11H20ClNO2S/c1-9-8-13(7-6-11(9)12)16(14,15)10-4-2-3-5-10/h9-11H,2-8H2,1H3. The van der Waals surface area contributed by atoms with E-state index in [0.29, 0.717) is 13.1 Å². The molecule has 1 saturated carbocycles. The SMILES string of the molecule is CC1CN(S(=O)(=O)C2CCCC2)CCC1Cl. The van der Waals surface area contributed by atoms with Crippen LogP contribution in [0, 0.1) is 5.92 Å². The van der Waals surface area contributed by atoms with Crippen molar-refractivity contribution < 1.29 is 8.42 Å². The molecule has 16 heavy (non-hydrogen) atoms. The summed E-state index contributed by atoms with van der Waals surface area (Å²) in [6.45, 7) is 3.25. The van der Waals surface area contributed by atoms with Crippen LogP contribution in [0.2, 0.25) is 0 Å². The molecule has 1 aliphatic heterocycles. The molecule has 2 unspecified atom stereocenters. The Bertz CT molecular complexity index is 338. The lowest BCUT2D eigenvalue weighted by Gasteiger charge is -2.34. The first-order valence-corrected chi connectivity index (χ1v) is 8.09. The van der Waals surface area contributed by atoms with Crippen molar-refractivity contribution in [2.75, 3.05) is 13.1 Å². The molecule has 2 fully saturated rings. The van der Waals surface area contributed by atoms with E-state index >= 15 is 0 Å². The molecule has 0 aromatic heterocycles. The highest BCUT2D eigenvalue weighted by molar-refractivity contribution is 7.89. The van der Waals surface area contributed by atoms with Gasteiger partial charge in [-0.3, -0.25) is 0 Å². The zero-order chi connectivity index (χ0) is 11.8. The zero-order valence-corrected chi connectivity index (χ0v) is 11.3. The average molecular weight is 266 g/mol. The van der Waals surface area contributed by atoms with Crippen molar-refractivity contribution >= 4 is 21.6 Å². The number of hydrogen-bond acceptors (Lipinski definition) is 2. The molecule has 1 heterocycles. The van der Waals surface area contributed by atoms with Crippen LogP contribution in [0.3, 0.4) is 0 Å². The van der Waals surface area contributed by atoms with Crippen LogP contribution in [0.5, 0.6) is 0 Å². The largest absolute Gasteiger partial charge is 0.216 e. The Morgan fingerprint density at radius 3 is 2.38 bits per heavy atom. The molecule has 2 atom stereocenters. The van der Waals surface area contributed by atoms with Gasteiger partial charge in [0.05, 0.1) is 5.25 Å². The van der Waals surface area contributed by atoms with Crippen molar-refractivity contribution in [3.63, 3.8) is 0 Å². The normalized spacial score (nSPS) is 34.4. The lowest BCUT2D eigenvalue weighted by atomic mass is 10.0. The van der Waals surface area contributed by atoms with Crippen molar-refractivity contribution in [2.24, 2.45) is 5.92 Å². The van der Waals surface area contributed by atoms with E-state index in [4.69, 9.17) is 11.6 Å². The second kappa shape index (κ2) is 4.83. The third kappa shape index (κ3) is 2.39. The summed E-state index contributed by atoms with van der Waals surface area (Å²) in [5, 5.41) is 0.0154. The summed E-state index contributed by atoms with van der Waals surface area (Å²) in [7, 11) is -3.04. The molecule has 94 valence electrons. The molecule has 0 amide bonds. The Morgan fingerprint density at radius 2 is 1.81 bits per heavy atom. The quantitative estimate of drug-likeness (QED) is 0.718. The van der Waals surface area contributed by atoms with E-state index in [9.17, 15) is 8.42 Å². The monoisotopic (exact) mass is 265 g/mol. The smallest absolute Gasteiger partial charge is 0.212 e. The highest BCUT2D eigenvalue weighted by Gasteiger charge is 2.37. The van der Waals surface area contributed by atoms with Gasteiger partial charge in [0.15, 0.2) is 0 Å². The number of alkyl halides is 1. The van der Waals surface area contributed by atoms with Gasteiger partial charge in [0.25, 0.3) is 0 Å². The first-order chi connectivity index (χ1) is 7.51. The van der Waals surface area contributed by atoms with E-state index in [0.717, 1.165) is 32.1 Å². The Balaban J connectivity index is 2.06. The van der Waals surface area contributed by atoms with Crippen LogP contribution in [0.15, 0.2) is 0 Å². The highest BCUT2D eigenvalue weighted by atomic mass is 35.5. The lowest BCUT2D eigenvalue weighted by Crippen LogP contribution is -2.46. The number of sulfonamides is 1. The molecule has 3 nitrogen and oxygen atoms in total. The van der Waals surface area contributed by atoms with Crippen molar-refractivity contribution in [2.45, 2.75) is 49.7 Å². The number of piperidine rings is 1. The topological polar surface area (TPSA) is 37.4 Å². The van der Waals surface area contributed by atoms with E-state index in [2.05, 4.69) is 0 Å². The summed E-state index contributed by atoms with van der Waals surface area (Å²) in [6, 6.07) is 0. The van der Waals surface area contributed by atoms with Crippen LogP contribution in [0.25, 0.3) is 0 Å². The zero-order valence-electron chi connectivity index (χ0n) is 9.73. The molecule has 0 N–H and O–H groups in total. The number of halogens is 1. The van der Waals surface area contributed by atoms with Gasteiger partial charge in [0.2, 0.25) is 10.0 Å². The van der Waals surface area contributed by atoms with Gasteiger partial charge in [-0.15, -0.1) is 11.6 Å². The Kier molecular flexibility index (Phi) is 3.82. The second-order valence-corrected chi connectivity index (χ2v) is 7.86. The van der Waals surface area contributed by atoms with E-state index in [1.165, 1.54) is 0 Å². The molecule has 0 aromatic carbocycles. The summed E-state index contributed by atoms with van der Waals surface area (Å²) in [5.41, 5.74) is 0. The highest BCUT2D eigenvalue weighted by Crippen LogP contribution is 2.30. The Morgan fingerprint density at radius 1 is 1.19 bits per heavy atom. The van der Waals surface area contributed by atoms with Gasteiger partial charge in [-0.1, -0.05) is 19.8 Å². The van der Waals surface area contributed by atoms with E-state index in [1.54, 1.807) is 4.31 Å². The van der Waals surface area contributed by atoms with Gasteiger partial charge in [-0.2, -0.15) is 0 Å². The molecule has 1 aliphatic carbocycles. The van der Waals surface area contributed by atoms with E-state index < -0.39 is 10.0 Å². The molecular formula is C11H20ClNO2S. The molecule has 2 rings (SSSR count). The fourth-order valence-electron chi connectivity index (χ4n) is 2.71. The van der Waals surface area contributed by atoms with Crippen molar-refractivity contribution in [1.29, 1.82) is 0 Å². The van der Waals surface area contributed by atoms with Crippen molar-refractivity contribution in [3.8, 4) is 0 Å². The van der Waals surface area contributed by atoms with Gasteiger partial charge >= 0.3 is 0 Å². The van der Waals surface area contributed by atoms with Gasteiger partial charge in [-0.05, 0) is 25.2 Å². The summed E-state index contributed by atoms with van der Waals surface area (Å²) < 4.78 is 26.3. The van der Waals surface area contributed by atoms with Crippen LogP contribution in [0.4, 0.5) is 0 Å². The maximum absolute atomic E-state index is 12.3. The minimum Gasteiger partial charge on any atom is -0.212 e. The average Bonchev–Trinajstić information content (AvgIpc) is 2.75. The molecule has 0 bridgehead atoms. The van der Waals surface area contributed by atoms with Crippen LogP contribution >= 0.6 is 11.6 Å². The summed E-state index contributed by atoms with van der Waals surface area (Å²) in [4.78, 5) is 0. The van der Waals surface area contributed by atoms with Gasteiger partial charge in [-0.25, -0.2) is 12.7 Å². The molecule has 5 heteroatoms. The number of hydrogen-bond donors (Lipinski definition) is 0. The third-order valence-corrected chi connectivity index (χ3v) is 6.86. The summed E-state index contributed by atoms with van der Waals surface area (Å²) in [5.74, 6) is 0.270. The molecule has 0 spiro atoms. The van der Waals surface area contributed by atoms with Gasteiger partial charge in [0, 0.05) is 18.5 Å². The minimum atomic E-state index is -3.04. The molecular weight excluding hydrogens is 246 g/mol. The number of rotatable bonds is 2. The predicted octanol–water partition coefficient (Wildman–Crippen LogP) is 2.21. The van der Waals surface area contributed by atoms with Crippen molar-refractivity contribution in [1.82, 2.24) is 4.31 Å². The van der Waals surface area contributed by atoms with Crippen LogP contribution in [-0.4, -0.2) is 36.4 Å². The molecule has 1 saturated heterocycles. The number of nitrogens with zero attached hydrogens (tertiary/aromatic N) is 1. The molecule has 2 aliphatic rings. The summed E-state index contributed by atoms with van der Waals surface area (Å²) >= 11 is 6.12. The molecule has 0 aromatic rings. The van der Waals surface area contributed by atoms with E-state index in [-0.39, 0.29) is 16.5 Å². The van der Waals surface area contributed by atoms with Gasteiger partial charge < -0.3 is 0 Å². The lowest BCUT2D eigenvalue weighted by molar-refractivity contribution is 0.283. The molecule has 0 radical (unpaired) electrons. The maximum Gasteiger partial charge on any atom is 0.216 e. The fourth-order valence-corrected chi connectivity index (χ4v) is 5.04. The second-order valence-electron chi connectivity index (χ2n) is 5.09. The predicted molar refractivity (Wildman–Crippen MR) is 66.2 cm³/mol. The van der Waals surface area contributed by atoms with Crippen LogP contribution in [-0.2, 0) is 10.0 Å². The maximum atomic E-state index is 12.3. The fraction of sp³-hybridized carbons (Fsp3) is 1.00. The van der Waals surface area contributed by atoms with Gasteiger partial charge in [0.1, 0.15) is 0 Å². The third-order valence-electron chi connectivity index (χ3n) is 3.85. The summed E-state index contributed by atoms with van der Waals surface area (Å²) in [6.07, 6.45) is 4.60.